The van der Waals surface area contributed by atoms with Crippen LogP contribution in [0.5, 0.6) is 0 Å². The topological polar surface area (TPSA) is 95.1 Å². The molecule has 1 heterocycles. The molecule has 3 N–H and O–H groups in total. The Morgan fingerprint density at radius 3 is 2.37 bits per heavy atom. The van der Waals surface area contributed by atoms with Crippen molar-refractivity contribution < 1.29 is 13.5 Å². The van der Waals surface area contributed by atoms with Crippen LogP contribution in [0.2, 0.25) is 0 Å². The largest absolute Gasteiger partial charge is 0.392 e. The van der Waals surface area contributed by atoms with Crippen LogP contribution in [-0.4, -0.2) is 23.7 Å². The zero-order valence-electron chi connectivity index (χ0n) is 10.6. The zero-order chi connectivity index (χ0) is 14.0. The lowest BCUT2D eigenvalue weighted by Gasteiger charge is -2.08. The van der Waals surface area contributed by atoms with Crippen molar-refractivity contribution in [3.8, 4) is 0 Å². The van der Waals surface area contributed by atoms with Gasteiger partial charge in [-0.25, -0.2) is 8.42 Å². The first-order chi connectivity index (χ1) is 8.94. The van der Waals surface area contributed by atoms with Gasteiger partial charge in [0.05, 0.1) is 28.6 Å². The number of hydrogen-bond donors (Lipinski definition) is 3. The van der Waals surface area contributed by atoms with Crippen LogP contribution in [0.15, 0.2) is 29.2 Å². The first-order valence-electron chi connectivity index (χ1n) is 5.68. The molecule has 0 radical (unpaired) electrons. The maximum Gasteiger partial charge on any atom is 0.262 e. The lowest BCUT2D eigenvalue weighted by atomic mass is 10.2. The third-order valence-corrected chi connectivity index (χ3v) is 4.15. The minimum Gasteiger partial charge on any atom is -0.392 e. The molecule has 0 bridgehead atoms. The van der Waals surface area contributed by atoms with Crippen LogP contribution in [0.4, 0.5) is 5.69 Å². The number of hydrogen-bond acceptors (Lipinski definition) is 4. The maximum absolute atomic E-state index is 12.2. The Balaban J connectivity index is 2.32. The highest BCUT2D eigenvalue weighted by Crippen LogP contribution is 2.21. The molecular weight excluding hydrogens is 266 g/mol. The molecule has 1 aromatic heterocycles. The predicted octanol–water partition coefficient (Wildman–Crippen LogP) is 1.32. The Bertz CT molecular complexity index is 655. The van der Waals surface area contributed by atoms with E-state index in [4.69, 9.17) is 5.11 Å². The highest BCUT2D eigenvalue weighted by atomic mass is 32.2. The summed E-state index contributed by atoms with van der Waals surface area (Å²) >= 11 is 0. The molecule has 1 aromatic carbocycles. The standard InChI is InChI=1S/C12H15N3O3S/c1-8-12(9(2)14-13-8)15-19(17,18)11-5-3-10(7-16)4-6-11/h3-6,15-16H,7H2,1-2H3,(H,13,14). The maximum atomic E-state index is 12.2. The molecule has 19 heavy (non-hydrogen) atoms. The molecule has 0 atom stereocenters. The number of aryl methyl sites for hydroxylation is 2. The van der Waals surface area contributed by atoms with Gasteiger partial charge in [-0.2, -0.15) is 5.10 Å². The van der Waals surface area contributed by atoms with E-state index in [0.717, 1.165) is 0 Å². The van der Waals surface area contributed by atoms with E-state index in [1.54, 1.807) is 26.0 Å². The summed E-state index contributed by atoms with van der Waals surface area (Å²) < 4.78 is 26.9. The number of aromatic amines is 1. The van der Waals surface area contributed by atoms with Crippen LogP contribution in [0.1, 0.15) is 17.0 Å². The van der Waals surface area contributed by atoms with Crippen LogP contribution in [-0.2, 0) is 16.6 Å². The number of rotatable bonds is 4. The number of aliphatic hydroxyl groups excluding tert-OH is 1. The minimum atomic E-state index is -3.64. The van der Waals surface area contributed by atoms with Gasteiger partial charge in [0.2, 0.25) is 0 Å². The summed E-state index contributed by atoms with van der Waals surface area (Å²) in [4.78, 5) is 0.143. The van der Waals surface area contributed by atoms with E-state index in [0.29, 0.717) is 22.6 Å². The van der Waals surface area contributed by atoms with Gasteiger partial charge in [0.1, 0.15) is 0 Å². The molecule has 0 spiro atoms. The van der Waals surface area contributed by atoms with E-state index in [2.05, 4.69) is 14.9 Å². The first-order valence-corrected chi connectivity index (χ1v) is 7.16. The third-order valence-electron chi connectivity index (χ3n) is 2.78. The Morgan fingerprint density at radius 2 is 1.89 bits per heavy atom. The average molecular weight is 281 g/mol. The molecule has 0 aliphatic heterocycles. The molecule has 6 nitrogen and oxygen atoms in total. The number of anilines is 1. The van der Waals surface area contributed by atoms with Gasteiger partial charge in [-0.3, -0.25) is 9.82 Å². The number of aromatic nitrogens is 2. The van der Waals surface area contributed by atoms with Crippen molar-refractivity contribution in [3.63, 3.8) is 0 Å². The molecule has 0 fully saturated rings. The summed E-state index contributed by atoms with van der Waals surface area (Å²) in [6.45, 7) is 3.34. The third kappa shape index (κ3) is 2.77. The van der Waals surface area contributed by atoms with Gasteiger partial charge in [0.25, 0.3) is 10.0 Å². The van der Waals surface area contributed by atoms with Gasteiger partial charge in [-0.05, 0) is 31.5 Å². The van der Waals surface area contributed by atoms with Crippen LogP contribution in [0, 0.1) is 13.8 Å². The number of nitrogens with zero attached hydrogens (tertiary/aromatic N) is 1. The van der Waals surface area contributed by atoms with E-state index in [-0.39, 0.29) is 11.5 Å². The summed E-state index contributed by atoms with van der Waals surface area (Å²) in [7, 11) is -3.64. The number of sulfonamides is 1. The van der Waals surface area contributed by atoms with Crippen molar-refractivity contribution in [3.05, 3.63) is 41.2 Å². The van der Waals surface area contributed by atoms with Gasteiger partial charge in [-0.1, -0.05) is 12.1 Å². The molecule has 0 aliphatic carbocycles. The predicted molar refractivity (Wildman–Crippen MR) is 71.2 cm³/mol. The summed E-state index contributed by atoms with van der Waals surface area (Å²) in [5.41, 5.74) is 2.38. The smallest absolute Gasteiger partial charge is 0.262 e. The highest BCUT2D eigenvalue weighted by molar-refractivity contribution is 7.92. The number of benzene rings is 1. The molecule has 0 saturated carbocycles. The molecule has 0 unspecified atom stereocenters. The molecule has 0 saturated heterocycles. The molecule has 7 heteroatoms. The molecular formula is C12H15N3O3S. The molecule has 2 rings (SSSR count). The van der Waals surface area contributed by atoms with Crippen molar-refractivity contribution in [2.45, 2.75) is 25.3 Å². The van der Waals surface area contributed by atoms with E-state index in [9.17, 15) is 8.42 Å². The molecule has 0 aliphatic rings. The van der Waals surface area contributed by atoms with E-state index < -0.39 is 10.0 Å². The van der Waals surface area contributed by atoms with Gasteiger partial charge < -0.3 is 5.11 Å². The van der Waals surface area contributed by atoms with E-state index in [1.165, 1.54) is 12.1 Å². The molecule has 2 aromatic rings. The SMILES string of the molecule is Cc1n[nH]c(C)c1NS(=O)(=O)c1ccc(CO)cc1. The summed E-state index contributed by atoms with van der Waals surface area (Å²) in [5, 5.41) is 15.6. The summed E-state index contributed by atoms with van der Waals surface area (Å²) in [5.74, 6) is 0. The average Bonchev–Trinajstić information content (AvgIpc) is 2.70. The first kappa shape index (κ1) is 13.6. The lowest BCUT2D eigenvalue weighted by Crippen LogP contribution is -2.14. The van der Waals surface area contributed by atoms with Gasteiger partial charge in [0.15, 0.2) is 0 Å². The second kappa shape index (κ2) is 5.02. The summed E-state index contributed by atoms with van der Waals surface area (Å²) in [6.07, 6.45) is 0. The van der Waals surface area contributed by atoms with Crippen LogP contribution in [0.3, 0.4) is 0 Å². The van der Waals surface area contributed by atoms with Gasteiger partial charge in [0, 0.05) is 0 Å². The highest BCUT2D eigenvalue weighted by Gasteiger charge is 2.17. The van der Waals surface area contributed by atoms with Crippen molar-refractivity contribution >= 4 is 15.7 Å². The zero-order valence-corrected chi connectivity index (χ0v) is 11.5. The van der Waals surface area contributed by atoms with Crippen LogP contribution in [0.25, 0.3) is 0 Å². The second-order valence-corrected chi connectivity index (χ2v) is 5.90. The van der Waals surface area contributed by atoms with Crippen LogP contribution >= 0.6 is 0 Å². The fraction of sp³-hybridized carbons (Fsp3) is 0.250. The number of aliphatic hydroxyl groups is 1. The van der Waals surface area contributed by atoms with E-state index >= 15 is 0 Å². The fourth-order valence-electron chi connectivity index (χ4n) is 1.67. The quantitative estimate of drug-likeness (QED) is 0.787. The van der Waals surface area contributed by atoms with Crippen LogP contribution < -0.4 is 4.72 Å². The van der Waals surface area contributed by atoms with Crippen molar-refractivity contribution in [1.82, 2.24) is 10.2 Å². The van der Waals surface area contributed by atoms with Gasteiger partial charge >= 0.3 is 0 Å². The van der Waals surface area contributed by atoms with E-state index in [1.807, 2.05) is 0 Å². The monoisotopic (exact) mass is 281 g/mol. The Kier molecular flexibility index (Phi) is 3.59. The molecule has 0 amide bonds. The lowest BCUT2D eigenvalue weighted by molar-refractivity contribution is 0.282. The van der Waals surface area contributed by atoms with Crippen molar-refractivity contribution in [2.75, 3.05) is 4.72 Å². The minimum absolute atomic E-state index is 0.117. The number of H-pyrrole nitrogens is 1. The number of nitrogens with one attached hydrogen (secondary N) is 2. The normalized spacial score (nSPS) is 11.5. The fourth-order valence-corrected chi connectivity index (χ4v) is 2.85. The summed E-state index contributed by atoms with van der Waals surface area (Å²) in [6, 6.07) is 6.06. The van der Waals surface area contributed by atoms with Gasteiger partial charge in [-0.15, -0.1) is 0 Å². The Morgan fingerprint density at radius 1 is 1.26 bits per heavy atom. The Labute approximate surface area is 111 Å². The van der Waals surface area contributed by atoms with Crippen molar-refractivity contribution in [2.24, 2.45) is 0 Å². The molecule has 102 valence electrons. The Hall–Kier alpha value is -1.86. The van der Waals surface area contributed by atoms with Crippen molar-refractivity contribution in [1.29, 1.82) is 0 Å². The second-order valence-electron chi connectivity index (χ2n) is 4.22.